The van der Waals surface area contributed by atoms with Crippen LogP contribution in [0.1, 0.15) is 22.3 Å². The number of hydrogen-bond donors (Lipinski definition) is 0. The molecule has 0 atom stereocenters. The zero-order valence-electron chi connectivity index (χ0n) is 34.5. The molecule has 1 aromatic heterocycles. The molecule has 1 heterocycles. The number of benzene rings is 10. The van der Waals surface area contributed by atoms with Crippen molar-refractivity contribution in [3.05, 3.63) is 271 Å². The second-order valence-corrected chi connectivity index (χ2v) is 17.5. The molecule has 296 valence electrons. The van der Waals surface area contributed by atoms with Crippen LogP contribution < -0.4 is 4.90 Å². The van der Waals surface area contributed by atoms with Crippen LogP contribution in [-0.2, 0) is 5.41 Å². The number of nitrogens with zero attached hydrogens (tertiary/aromatic N) is 1. The fourth-order valence-electron chi connectivity index (χ4n) is 10.1. The zero-order valence-corrected chi connectivity index (χ0v) is 35.3. The van der Waals surface area contributed by atoms with Crippen LogP contribution in [0.15, 0.2) is 249 Å². The fourth-order valence-corrected chi connectivity index (χ4v) is 11.3. The van der Waals surface area contributed by atoms with E-state index in [9.17, 15) is 0 Å². The van der Waals surface area contributed by atoms with Crippen molar-refractivity contribution in [1.82, 2.24) is 0 Å². The third-order valence-corrected chi connectivity index (χ3v) is 14.2. The van der Waals surface area contributed by atoms with Crippen LogP contribution in [0.4, 0.5) is 17.1 Å². The van der Waals surface area contributed by atoms with Gasteiger partial charge in [-0.1, -0.05) is 200 Å². The summed E-state index contributed by atoms with van der Waals surface area (Å²) in [6.07, 6.45) is 0. The summed E-state index contributed by atoms with van der Waals surface area (Å²) in [6, 6.07) is 91.3. The van der Waals surface area contributed by atoms with E-state index < -0.39 is 5.41 Å². The predicted molar refractivity (Wildman–Crippen MR) is 268 cm³/mol. The average molecular weight is 820 g/mol. The third kappa shape index (κ3) is 6.14. The second-order valence-electron chi connectivity index (χ2n) is 16.4. The summed E-state index contributed by atoms with van der Waals surface area (Å²) >= 11 is 1.88. The molecule has 10 aromatic carbocycles. The Hall–Kier alpha value is -7.78. The Morgan fingerprint density at radius 2 is 0.746 bits per heavy atom. The van der Waals surface area contributed by atoms with Crippen LogP contribution >= 0.6 is 11.3 Å². The summed E-state index contributed by atoms with van der Waals surface area (Å²) in [7, 11) is 0. The maximum atomic E-state index is 2.39. The molecule has 11 aromatic rings. The SMILES string of the molecule is c1ccc(-c2cccc(-c3ccc(N(c4ccc(-c5cccc6c5sc5ccccc56)cc4)c4ccc(C5(c6ccccc6)c6ccccc6-c6ccccc65)cc4)cc3)c2)cc1. The van der Waals surface area contributed by atoms with Gasteiger partial charge in [-0.25, -0.2) is 0 Å². The van der Waals surface area contributed by atoms with Crippen molar-refractivity contribution in [2.75, 3.05) is 4.90 Å². The molecular weight excluding hydrogens is 779 g/mol. The summed E-state index contributed by atoms with van der Waals surface area (Å²) in [6.45, 7) is 0. The maximum Gasteiger partial charge on any atom is 0.0713 e. The van der Waals surface area contributed by atoms with Crippen molar-refractivity contribution in [3.63, 3.8) is 0 Å². The van der Waals surface area contributed by atoms with E-state index in [4.69, 9.17) is 0 Å². The molecule has 1 aliphatic rings. The highest BCUT2D eigenvalue weighted by molar-refractivity contribution is 7.26. The number of anilines is 3. The monoisotopic (exact) mass is 819 g/mol. The molecule has 0 fully saturated rings. The van der Waals surface area contributed by atoms with Crippen LogP contribution in [0.2, 0.25) is 0 Å². The summed E-state index contributed by atoms with van der Waals surface area (Å²) in [5, 5.41) is 2.63. The van der Waals surface area contributed by atoms with E-state index in [0.717, 1.165) is 17.1 Å². The normalized spacial score (nSPS) is 12.6. The molecule has 1 aliphatic carbocycles. The van der Waals surface area contributed by atoms with Crippen molar-refractivity contribution in [2.24, 2.45) is 0 Å². The van der Waals surface area contributed by atoms with Crippen LogP contribution in [0.25, 0.3) is 64.7 Å². The molecule has 0 aliphatic heterocycles. The van der Waals surface area contributed by atoms with Gasteiger partial charge in [0.25, 0.3) is 0 Å². The Balaban J connectivity index is 0.977. The van der Waals surface area contributed by atoms with Gasteiger partial charge in [0.05, 0.1) is 5.41 Å². The Bertz CT molecular complexity index is 3370. The Morgan fingerprint density at radius 3 is 1.40 bits per heavy atom. The van der Waals surface area contributed by atoms with E-state index in [0.29, 0.717) is 0 Å². The van der Waals surface area contributed by atoms with Crippen molar-refractivity contribution in [3.8, 4) is 44.5 Å². The topological polar surface area (TPSA) is 3.24 Å². The molecule has 0 amide bonds. The van der Waals surface area contributed by atoms with Crippen molar-refractivity contribution in [1.29, 1.82) is 0 Å². The highest BCUT2D eigenvalue weighted by atomic mass is 32.1. The molecule has 0 saturated heterocycles. The van der Waals surface area contributed by atoms with E-state index in [1.54, 1.807) is 0 Å². The van der Waals surface area contributed by atoms with Gasteiger partial charge in [-0.15, -0.1) is 11.3 Å². The largest absolute Gasteiger partial charge is 0.311 e. The lowest BCUT2D eigenvalue weighted by atomic mass is 9.68. The van der Waals surface area contributed by atoms with Crippen molar-refractivity contribution < 1.29 is 0 Å². The van der Waals surface area contributed by atoms with Gasteiger partial charge in [-0.05, 0) is 115 Å². The molecule has 1 nitrogen and oxygen atoms in total. The second kappa shape index (κ2) is 15.3. The number of rotatable bonds is 8. The summed E-state index contributed by atoms with van der Waals surface area (Å²) in [5.74, 6) is 0. The van der Waals surface area contributed by atoms with Crippen LogP contribution in [0.3, 0.4) is 0 Å². The lowest BCUT2D eigenvalue weighted by Crippen LogP contribution is -2.28. The van der Waals surface area contributed by atoms with Gasteiger partial charge < -0.3 is 4.90 Å². The standard InChI is InChI=1S/C61H41NS/c1-3-15-42(16-4-1)45-17-13-18-46(41-45)43-29-35-49(36-30-43)62(50-37-31-44(32-38-50)52-24-14-25-56-55-23-9-12-28-59(55)63-60(52)56)51-39-33-48(34-40-51)61(47-19-5-2-6-20-47)57-26-10-7-21-53(57)54-22-8-11-27-58(54)61/h1-41H. The molecular formula is C61H41NS. The Morgan fingerprint density at radius 1 is 0.302 bits per heavy atom. The molecule has 0 spiro atoms. The van der Waals surface area contributed by atoms with Gasteiger partial charge in [-0.3, -0.25) is 0 Å². The van der Waals surface area contributed by atoms with Gasteiger partial charge in [0.15, 0.2) is 0 Å². The highest BCUT2D eigenvalue weighted by Crippen LogP contribution is 2.56. The lowest BCUT2D eigenvalue weighted by molar-refractivity contribution is 0.768. The minimum Gasteiger partial charge on any atom is -0.311 e. The first-order valence-electron chi connectivity index (χ1n) is 21.7. The van der Waals surface area contributed by atoms with Crippen LogP contribution in [0, 0.1) is 0 Å². The molecule has 0 N–H and O–H groups in total. The molecule has 0 saturated carbocycles. The van der Waals surface area contributed by atoms with Crippen LogP contribution in [0.5, 0.6) is 0 Å². The minimum atomic E-state index is -0.455. The molecule has 0 radical (unpaired) electrons. The van der Waals surface area contributed by atoms with E-state index in [1.165, 1.54) is 86.9 Å². The van der Waals surface area contributed by atoms with Crippen LogP contribution in [-0.4, -0.2) is 0 Å². The zero-order chi connectivity index (χ0) is 41.7. The summed E-state index contributed by atoms with van der Waals surface area (Å²) in [4.78, 5) is 2.39. The van der Waals surface area contributed by atoms with Crippen molar-refractivity contribution >= 4 is 48.6 Å². The first-order valence-corrected chi connectivity index (χ1v) is 22.5. The average Bonchev–Trinajstić information content (AvgIpc) is 3.90. The number of thiophene rings is 1. The lowest BCUT2D eigenvalue weighted by Gasteiger charge is -2.34. The van der Waals surface area contributed by atoms with Crippen molar-refractivity contribution in [2.45, 2.75) is 5.41 Å². The van der Waals surface area contributed by atoms with Gasteiger partial charge in [0.2, 0.25) is 0 Å². The maximum absolute atomic E-state index is 2.39. The molecule has 63 heavy (non-hydrogen) atoms. The first kappa shape index (κ1) is 37.0. The number of hydrogen-bond acceptors (Lipinski definition) is 2. The van der Waals surface area contributed by atoms with Gasteiger partial charge in [0, 0.05) is 37.2 Å². The van der Waals surface area contributed by atoms with E-state index in [2.05, 4.69) is 254 Å². The molecule has 12 rings (SSSR count). The summed E-state index contributed by atoms with van der Waals surface area (Å²) < 4.78 is 2.65. The van der Waals surface area contributed by atoms with E-state index in [-0.39, 0.29) is 0 Å². The van der Waals surface area contributed by atoms with E-state index in [1.807, 2.05) is 11.3 Å². The Labute approximate surface area is 372 Å². The Kier molecular flexibility index (Phi) is 8.98. The molecule has 2 heteroatoms. The minimum absolute atomic E-state index is 0.455. The predicted octanol–water partition coefficient (Wildman–Crippen LogP) is 16.9. The van der Waals surface area contributed by atoms with E-state index >= 15 is 0 Å². The highest BCUT2D eigenvalue weighted by Gasteiger charge is 2.45. The number of fused-ring (bicyclic) bond motifs is 6. The van der Waals surface area contributed by atoms with Gasteiger partial charge in [-0.2, -0.15) is 0 Å². The first-order chi connectivity index (χ1) is 31.2. The smallest absolute Gasteiger partial charge is 0.0713 e. The fraction of sp³-hybridized carbons (Fsp3) is 0.0164. The quantitative estimate of drug-likeness (QED) is 0.148. The van der Waals surface area contributed by atoms with Gasteiger partial charge in [0.1, 0.15) is 0 Å². The van der Waals surface area contributed by atoms with Gasteiger partial charge >= 0.3 is 0 Å². The molecule has 0 bridgehead atoms. The summed E-state index contributed by atoms with van der Waals surface area (Å²) in [5.41, 5.74) is 17.9. The third-order valence-electron chi connectivity index (χ3n) is 13.0. The molecule has 0 unspecified atom stereocenters.